The van der Waals surface area contributed by atoms with Crippen LogP contribution in [0.4, 0.5) is 15.8 Å². The third-order valence-corrected chi connectivity index (χ3v) is 3.00. The summed E-state index contributed by atoms with van der Waals surface area (Å²) in [5.41, 5.74) is 7.87. The van der Waals surface area contributed by atoms with Gasteiger partial charge in [-0.15, -0.1) is 0 Å². The quantitative estimate of drug-likeness (QED) is 0.824. The third-order valence-electron chi connectivity index (χ3n) is 2.69. The van der Waals surface area contributed by atoms with Crippen LogP contribution < -0.4 is 11.1 Å². The first-order valence-corrected chi connectivity index (χ1v) is 5.97. The fourth-order valence-corrected chi connectivity index (χ4v) is 1.72. The number of benzene rings is 2. The Kier molecular flexibility index (Phi) is 3.71. The van der Waals surface area contributed by atoms with E-state index in [0.29, 0.717) is 11.4 Å². The van der Waals surface area contributed by atoms with Crippen molar-refractivity contribution in [3.63, 3.8) is 0 Å². The van der Waals surface area contributed by atoms with Gasteiger partial charge >= 0.3 is 0 Å². The monoisotopic (exact) mass is 278 g/mol. The second-order valence-electron chi connectivity index (χ2n) is 4.16. The highest BCUT2D eigenvalue weighted by molar-refractivity contribution is 6.30. The number of aryl methyl sites for hydroxylation is 1. The van der Waals surface area contributed by atoms with Gasteiger partial charge in [0.15, 0.2) is 0 Å². The second kappa shape index (κ2) is 5.28. The zero-order valence-electron chi connectivity index (χ0n) is 10.2. The van der Waals surface area contributed by atoms with E-state index >= 15 is 0 Å². The molecule has 0 aliphatic heterocycles. The Morgan fingerprint density at radius 3 is 2.68 bits per heavy atom. The highest BCUT2D eigenvalue weighted by atomic mass is 35.5. The summed E-state index contributed by atoms with van der Waals surface area (Å²) in [5, 5.41) is 2.67. The van der Waals surface area contributed by atoms with Crippen LogP contribution in [-0.4, -0.2) is 5.91 Å². The summed E-state index contributed by atoms with van der Waals surface area (Å²) in [5.74, 6) is -1.04. The zero-order chi connectivity index (χ0) is 14.0. The predicted octanol–water partition coefficient (Wildman–Crippen LogP) is 3.62. The lowest BCUT2D eigenvalue weighted by molar-refractivity contribution is 0.102. The number of nitrogens with two attached hydrogens (primary N) is 1. The van der Waals surface area contributed by atoms with Crippen molar-refractivity contribution in [2.24, 2.45) is 0 Å². The number of anilines is 2. The van der Waals surface area contributed by atoms with Crippen LogP contribution in [0.15, 0.2) is 36.4 Å². The number of amides is 1. The van der Waals surface area contributed by atoms with Gasteiger partial charge in [-0.2, -0.15) is 0 Å². The molecule has 0 aliphatic carbocycles. The Morgan fingerprint density at radius 1 is 1.26 bits per heavy atom. The van der Waals surface area contributed by atoms with Crippen LogP contribution in [0.5, 0.6) is 0 Å². The second-order valence-corrected chi connectivity index (χ2v) is 4.56. The number of nitrogens with one attached hydrogen (secondary N) is 1. The molecule has 0 atom stereocenters. The van der Waals surface area contributed by atoms with Gasteiger partial charge in [0.2, 0.25) is 0 Å². The van der Waals surface area contributed by atoms with E-state index in [0.717, 1.165) is 11.6 Å². The number of rotatable bonds is 2. The molecule has 98 valence electrons. The Morgan fingerprint density at radius 2 is 2.00 bits per heavy atom. The van der Waals surface area contributed by atoms with Crippen molar-refractivity contribution >= 4 is 28.9 Å². The first kappa shape index (κ1) is 13.4. The normalized spacial score (nSPS) is 10.3. The molecule has 3 nitrogen and oxygen atoms in total. The van der Waals surface area contributed by atoms with Crippen molar-refractivity contribution in [1.29, 1.82) is 0 Å². The third kappa shape index (κ3) is 3.03. The van der Waals surface area contributed by atoms with Crippen molar-refractivity contribution < 1.29 is 9.18 Å². The number of halogens is 2. The summed E-state index contributed by atoms with van der Waals surface area (Å²) < 4.78 is 13.3. The van der Waals surface area contributed by atoms with Crippen LogP contribution >= 0.6 is 11.6 Å². The van der Waals surface area contributed by atoms with Crippen LogP contribution in [-0.2, 0) is 0 Å². The van der Waals surface area contributed by atoms with Gasteiger partial charge in [-0.25, -0.2) is 4.39 Å². The van der Waals surface area contributed by atoms with E-state index < -0.39 is 11.7 Å². The van der Waals surface area contributed by atoms with Crippen LogP contribution in [0.3, 0.4) is 0 Å². The molecule has 0 radical (unpaired) electrons. The highest BCUT2D eigenvalue weighted by Crippen LogP contribution is 2.20. The molecule has 2 aromatic carbocycles. The molecule has 2 aromatic rings. The lowest BCUT2D eigenvalue weighted by atomic mass is 10.1. The van der Waals surface area contributed by atoms with E-state index in [4.69, 9.17) is 17.3 Å². The standard InChI is InChI=1S/C14H12ClFN2O/c1-8-2-4-10(17)7-13(8)18-14(19)9-3-5-11(15)12(16)6-9/h2-7H,17H2,1H3,(H,18,19). The minimum Gasteiger partial charge on any atom is -0.399 e. The Labute approximate surface area is 115 Å². The van der Waals surface area contributed by atoms with Gasteiger partial charge in [0.25, 0.3) is 5.91 Å². The molecule has 5 heteroatoms. The van der Waals surface area contributed by atoms with Crippen molar-refractivity contribution in [1.82, 2.24) is 0 Å². The molecule has 19 heavy (non-hydrogen) atoms. The van der Waals surface area contributed by atoms with Gasteiger partial charge in [-0.3, -0.25) is 4.79 Å². The number of carbonyl (C=O) groups is 1. The maximum absolute atomic E-state index is 13.3. The number of nitrogen functional groups attached to an aromatic ring is 1. The fraction of sp³-hybridized carbons (Fsp3) is 0.0714. The van der Waals surface area contributed by atoms with E-state index in [1.54, 1.807) is 18.2 Å². The van der Waals surface area contributed by atoms with Crippen LogP contribution in [0, 0.1) is 12.7 Å². The molecule has 0 fully saturated rings. The maximum atomic E-state index is 13.3. The van der Waals surface area contributed by atoms with E-state index in [-0.39, 0.29) is 10.6 Å². The molecule has 0 saturated heterocycles. The van der Waals surface area contributed by atoms with Crippen LogP contribution in [0.1, 0.15) is 15.9 Å². The topological polar surface area (TPSA) is 55.1 Å². The molecule has 2 rings (SSSR count). The molecule has 1 amide bonds. The summed E-state index contributed by atoms with van der Waals surface area (Å²) >= 11 is 5.57. The molecule has 0 aromatic heterocycles. The van der Waals surface area contributed by atoms with Gasteiger partial charge in [0.1, 0.15) is 5.82 Å². The Balaban J connectivity index is 2.25. The molecule has 0 saturated carbocycles. The van der Waals surface area contributed by atoms with Crippen molar-refractivity contribution in [3.8, 4) is 0 Å². The lowest BCUT2D eigenvalue weighted by Crippen LogP contribution is -2.13. The minimum absolute atomic E-state index is 0.0170. The molecule has 3 N–H and O–H groups in total. The molecule has 0 bridgehead atoms. The first-order chi connectivity index (χ1) is 8.97. The summed E-state index contributed by atoms with van der Waals surface area (Å²) in [6.07, 6.45) is 0. The Bertz CT molecular complexity index is 643. The number of hydrogen-bond acceptors (Lipinski definition) is 2. The summed E-state index contributed by atoms with van der Waals surface area (Å²) in [6, 6.07) is 9.10. The Hall–Kier alpha value is -2.07. The molecule has 0 spiro atoms. The van der Waals surface area contributed by atoms with E-state index in [2.05, 4.69) is 5.32 Å². The van der Waals surface area contributed by atoms with Crippen molar-refractivity contribution in [2.45, 2.75) is 6.92 Å². The molecule has 0 heterocycles. The molecule has 0 aliphatic rings. The van der Waals surface area contributed by atoms with Crippen molar-refractivity contribution in [3.05, 3.63) is 58.4 Å². The maximum Gasteiger partial charge on any atom is 0.255 e. The van der Waals surface area contributed by atoms with E-state index in [1.807, 2.05) is 6.92 Å². The predicted molar refractivity (Wildman–Crippen MR) is 75.0 cm³/mol. The SMILES string of the molecule is Cc1ccc(N)cc1NC(=O)c1ccc(Cl)c(F)c1. The molecule has 0 unspecified atom stereocenters. The van der Waals surface area contributed by atoms with Gasteiger partial charge < -0.3 is 11.1 Å². The van der Waals surface area contributed by atoms with E-state index in [9.17, 15) is 9.18 Å². The van der Waals surface area contributed by atoms with Gasteiger partial charge in [-0.1, -0.05) is 17.7 Å². The zero-order valence-corrected chi connectivity index (χ0v) is 11.0. The summed E-state index contributed by atoms with van der Waals surface area (Å²) in [6.45, 7) is 1.84. The van der Waals surface area contributed by atoms with Gasteiger partial charge in [0, 0.05) is 16.9 Å². The smallest absolute Gasteiger partial charge is 0.255 e. The lowest BCUT2D eigenvalue weighted by Gasteiger charge is -2.09. The van der Waals surface area contributed by atoms with Crippen molar-refractivity contribution in [2.75, 3.05) is 11.1 Å². The van der Waals surface area contributed by atoms with Gasteiger partial charge in [0.05, 0.1) is 5.02 Å². The largest absolute Gasteiger partial charge is 0.399 e. The molecular formula is C14H12ClFN2O. The van der Waals surface area contributed by atoms with E-state index in [1.165, 1.54) is 12.1 Å². The average molecular weight is 279 g/mol. The number of carbonyl (C=O) groups excluding carboxylic acids is 1. The first-order valence-electron chi connectivity index (χ1n) is 5.60. The number of hydrogen-bond donors (Lipinski definition) is 2. The highest BCUT2D eigenvalue weighted by Gasteiger charge is 2.10. The minimum atomic E-state index is -0.626. The summed E-state index contributed by atoms with van der Waals surface area (Å²) in [4.78, 5) is 12.0. The van der Waals surface area contributed by atoms with Gasteiger partial charge in [-0.05, 0) is 42.8 Å². The average Bonchev–Trinajstić information content (AvgIpc) is 2.37. The fourth-order valence-electron chi connectivity index (χ4n) is 1.61. The van der Waals surface area contributed by atoms with Crippen LogP contribution in [0.25, 0.3) is 0 Å². The molecular weight excluding hydrogens is 267 g/mol. The van der Waals surface area contributed by atoms with Crippen LogP contribution in [0.2, 0.25) is 5.02 Å². The summed E-state index contributed by atoms with van der Waals surface area (Å²) in [7, 11) is 0.